The van der Waals surface area contributed by atoms with Crippen molar-refractivity contribution in [2.75, 3.05) is 0 Å². The van der Waals surface area contributed by atoms with Crippen molar-refractivity contribution in [3.05, 3.63) is 84.3 Å². The molecule has 4 rings (SSSR count). The Bertz CT molecular complexity index is 979. The minimum Gasteiger partial charge on any atom is -1.00 e. The molecule has 0 saturated carbocycles. The number of aromatic nitrogens is 2. The van der Waals surface area contributed by atoms with E-state index in [0.29, 0.717) is 0 Å². The molecule has 0 N–H and O–H groups in total. The maximum atomic E-state index is 4.77. The number of hydrogen-bond donors (Lipinski definition) is 0. The van der Waals surface area contributed by atoms with Crippen LogP contribution in [0.2, 0.25) is 0 Å². The highest BCUT2D eigenvalue weighted by Gasteiger charge is 2.06. The third-order valence-electron chi connectivity index (χ3n) is 3.99. The summed E-state index contributed by atoms with van der Waals surface area (Å²) < 4.78 is 2.19. The van der Waals surface area contributed by atoms with E-state index in [-0.39, 0.29) is 24.0 Å². The van der Waals surface area contributed by atoms with Gasteiger partial charge in [-0.05, 0) is 36.6 Å². The molecule has 0 bridgehead atoms. The second-order valence-corrected chi connectivity index (χ2v) is 5.74. The van der Waals surface area contributed by atoms with Gasteiger partial charge in [0.25, 0.3) is 0 Å². The van der Waals surface area contributed by atoms with Gasteiger partial charge in [0.1, 0.15) is 5.69 Å². The standard InChI is InChI=1S/C20H17N2.HI/c1-15-6-9-20-17(12-15)7-8-19(21-20)14-22-11-10-16-4-2-3-5-18(16)13-22;/h2-13H,14H2,1H3;1H/q+1;/p-1. The molecule has 0 radical (unpaired) electrons. The van der Waals surface area contributed by atoms with Gasteiger partial charge in [0, 0.05) is 16.8 Å². The predicted octanol–water partition coefficient (Wildman–Crippen LogP) is 1.04. The lowest BCUT2D eigenvalue weighted by atomic mass is 10.1. The quantitative estimate of drug-likeness (QED) is 0.355. The van der Waals surface area contributed by atoms with Gasteiger partial charge in [-0.15, -0.1) is 0 Å². The monoisotopic (exact) mass is 412 g/mol. The van der Waals surface area contributed by atoms with Gasteiger partial charge in [0.05, 0.1) is 5.52 Å². The van der Waals surface area contributed by atoms with Gasteiger partial charge in [-0.1, -0.05) is 35.9 Å². The lowest BCUT2D eigenvalue weighted by Gasteiger charge is -2.03. The van der Waals surface area contributed by atoms with E-state index in [1.165, 1.54) is 21.7 Å². The Labute approximate surface area is 152 Å². The summed E-state index contributed by atoms with van der Waals surface area (Å²) in [4.78, 5) is 4.77. The zero-order valence-electron chi connectivity index (χ0n) is 12.9. The van der Waals surface area contributed by atoms with E-state index in [4.69, 9.17) is 4.98 Å². The topological polar surface area (TPSA) is 16.8 Å². The largest absolute Gasteiger partial charge is 1.00 e. The molecule has 0 aliphatic rings. The van der Waals surface area contributed by atoms with E-state index in [2.05, 4.69) is 84.5 Å². The van der Waals surface area contributed by atoms with Crippen molar-refractivity contribution in [1.29, 1.82) is 0 Å². The molecule has 114 valence electrons. The minimum atomic E-state index is 0. The highest BCUT2D eigenvalue weighted by Crippen LogP contribution is 2.15. The van der Waals surface area contributed by atoms with Crippen molar-refractivity contribution >= 4 is 21.7 Å². The fraction of sp³-hybridized carbons (Fsp3) is 0.100. The maximum absolute atomic E-state index is 4.77. The van der Waals surface area contributed by atoms with Gasteiger partial charge in [-0.25, -0.2) is 4.98 Å². The first-order valence-electron chi connectivity index (χ1n) is 7.52. The van der Waals surface area contributed by atoms with Crippen LogP contribution >= 0.6 is 0 Å². The molecule has 2 aromatic heterocycles. The predicted molar refractivity (Wildman–Crippen MR) is 89.7 cm³/mol. The van der Waals surface area contributed by atoms with Crippen LogP contribution in [-0.2, 0) is 6.54 Å². The Morgan fingerprint density at radius 1 is 0.870 bits per heavy atom. The molecular formula is C20H17IN2. The molecule has 0 spiro atoms. The smallest absolute Gasteiger partial charge is 0.190 e. The van der Waals surface area contributed by atoms with Gasteiger partial charge in [0.2, 0.25) is 0 Å². The summed E-state index contributed by atoms with van der Waals surface area (Å²) >= 11 is 0. The fourth-order valence-corrected chi connectivity index (χ4v) is 2.84. The van der Waals surface area contributed by atoms with E-state index in [0.717, 1.165) is 17.8 Å². The van der Waals surface area contributed by atoms with Crippen molar-refractivity contribution in [2.24, 2.45) is 0 Å². The highest BCUT2D eigenvalue weighted by atomic mass is 127. The van der Waals surface area contributed by atoms with Crippen molar-refractivity contribution < 1.29 is 28.5 Å². The van der Waals surface area contributed by atoms with Crippen LogP contribution in [0.5, 0.6) is 0 Å². The van der Waals surface area contributed by atoms with Crippen molar-refractivity contribution in [1.82, 2.24) is 4.98 Å². The van der Waals surface area contributed by atoms with Gasteiger partial charge in [-0.3, -0.25) is 0 Å². The first-order chi connectivity index (χ1) is 10.8. The molecule has 2 nitrogen and oxygen atoms in total. The number of rotatable bonds is 2. The highest BCUT2D eigenvalue weighted by molar-refractivity contribution is 5.80. The molecule has 0 aliphatic carbocycles. The van der Waals surface area contributed by atoms with Gasteiger partial charge < -0.3 is 24.0 Å². The first-order valence-corrected chi connectivity index (χ1v) is 7.52. The molecule has 0 fully saturated rings. The fourth-order valence-electron chi connectivity index (χ4n) is 2.84. The Kier molecular flexibility index (Phi) is 4.57. The SMILES string of the molecule is Cc1ccc2nc(C[n+]3ccc4ccccc4c3)ccc2c1.[I-]. The zero-order valence-corrected chi connectivity index (χ0v) is 15.1. The number of hydrogen-bond acceptors (Lipinski definition) is 1. The van der Waals surface area contributed by atoms with Crippen molar-refractivity contribution in [3.8, 4) is 0 Å². The number of halogens is 1. The van der Waals surface area contributed by atoms with E-state index in [1.54, 1.807) is 0 Å². The molecule has 2 aromatic carbocycles. The maximum Gasteiger partial charge on any atom is 0.190 e. The summed E-state index contributed by atoms with van der Waals surface area (Å²) in [6.45, 7) is 2.90. The first kappa shape index (κ1) is 15.9. The summed E-state index contributed by atoms with van der Waals surface area (Å²) in [5, 5.41) is 3.72. The Hall–Kier alpha value is -2.01. The third kappa shape index (κ3) is 3.34. The lowest BCUT2D eigenvalue weighted by Crippen LogP contribution is -3.00. The zero-order chi connectivity index (χ0) is 14.9. The molecule has 4 aromatic rings. The van der Waals surface area contributed by atoms with E-state index < -0.39 is 0 Å². The third-order valence-corrected chi connectivity index (χ3v) is 3.99. The normalized spacial score (nSPS) is 10.7. The Balaban J connectivity index is 0.00000156. The van der Waals surface area contributed by atoms with Crippen LogP contribution < -0.4 is 28.5 Å². The summed E-state index contributed by atoms with van der Waals surface area (Å²) in [5.74, 6) is 0. The number of nitrogens with zero attached hydrogens (tertiary/aromatic N) is 2. The van der Waals surface area contributed by atoms with Crippen molar-refractivity contribution in [2.45, 2.75) is 13.5 Å². The van der Waals surface area contributed by atoms with Crippen LogP contribution in [0.1, 0.15) is 11.3 Å². The molecular weight excluding hydrogens is 395 g/mol. The molecule has 0 amide bonds. The van der Waals surface area contributed by atoms with Crippen LogP contribution in [0.25, 0.3) is 21.7 Å². The molecule has 23 heavy (non-hydrogen) atoms. The second-order valence-electron chi connectivity index (χ2n) is 5.74. The average Bonchev–Trinajstić information content (AvgIpc) is 2.55. The molecule has 3 heteroatoms. The van der Waals surface area contributed by atoms with Crippen LogP contribution in [0, 0.1) is 6.92 Å². The lowest BCUT2D eigenvalue weighted by molar-refractivity contribution is -0.687. The Morgan fingerprint density at radius 2 is 1.70 bits per heavy atom. The van der Waals surface area contributed by atoms with Crippen molar-refractivity contribution in [3.63, 3.8) is 0 Å². The number of aryl methyl sites for hydroxylation is 1. The summed E-state index contributed by atoms with van der Waals surface area (Å²) in [6.07, 6.45) is 4.29. The summed E-state index contributed by atoms with van der Waals surface area (Å²) in [7, 11) is 0. The summed E-state index contributed by atoms with van der Waals surface area (Å²) in [5.41, 5.74) is 3.41. The second kappa shape index (κ2) is 6.62. The van der Waals surface area contributed by atoms with Crippen LogP contribution in [-0.4, -0.2) is 4.98 Å². The number of fused-ring (bicyclic) bond motifs is 2. The number of pyridine rings is 2. The van der Waals surface area contributed by atoms with E-state index >= 15 is 0 Å². The summed E-state index contributed by atoms with van der Waals surface area (Å²) in [6, 6.07) is 21.2. The Morgan fingerprint density at radius 3 is 2.57 bits per heavy atom. The van der Waals surface area contributed by atoms with E-state index in [9.17, 15) is 0 Å². The molecule has 0 atom stereocenters. The van der Waals surface area contributed by atoms with Gasteiger partial charge >= 0.3 is 0 Å². The van der Waals surface area contributed by atoms with Crippen LogP contribution in [0.4, 0.5) is 0 Å². The van der Waals surface area contributed by atoms with Gasteiger partial charge in [0.15, 0.2) is 18.9 Å². The molecule has 0 aliphatic heterocycles. The average molecular weight is 412 g/mol. The minimum absolute atomic E-state index is 0. The molecule has 0 unspecified atom stereocenters. The molecule has 2 heterocycles. The number of benzene rings is 2. The van der Waals surface area contributed by atoms with Crippen LogP contribution in [0.3, 0.4) is 0 Å². The molecule has 0 saturated heterocycles. The van der Waals surface area contributed by atoms with Gasteiger partial charge in [-0.2, -0.15) is 4.57 Å². The van der Waals surface area contributed by atoms with E-state index in [1.807, 2.05) is 0 Å². The van der Waals surface area contributed by atoms with Crippen LogP contribution in [0.15, 0.2) is 73.1 Å².